The van der Waals surface area contributed by atoms with Crippen molar-refractivity contribution >= 4 is 23.1 Å². The van der Waals surface area contributed by atoms with E-state index >= 15 is 0 Å². The van der Waals surface area contributed by atoms with Gasteiger partial charge in [-0.15, -0.1) is 0 Å². The summed E-state index contributed by atoms with van der Waals surface area (Å²) in [5, 5.41) is 19.3. The second kappa shape index (κ2) is 3.63. The highest BCUT2D eigenvalue weighted by molar-refractivity contribution is 6.36. The number of nitrogens with zero attached hydrogens (tertiary/aromatic N) is 1. The lowest BCUT2D eigenvalue weighted by Gasteiger charge is -2.03. The van der Waals surface area contributed by atoms with E-state index in [0.29, 0.717) is 0 Å². The number of nitro groups is 1. The number of aromatic hydroxyl groups is 1. The van der Waals surface area contributed by atoms with Gasteiger partial charge < -0.3 is 5.11 Å². The van der Waals surface area contributed by atoms with Gasteiger partial charge in [0.2, 0.25) is 0 Å². The average molecular weight is 216 g/mol. The topological polar surface area (TPSA) is 80.4 Å². The minimum atomic E-state index is -0.714. The molecule has 1 aromatic rings. The Balaban J connectivity index is 3.49. The Hall–Kier alpha value is -1.62. The van der Waals surface area contributed by atoms with E-state index in [1.54, 1.807) is 0 Å². The number of halogens is 1. The number of carbonyl (C=O) groups excluding carboxylic acids is 1. The molecule has 6 heteroatoms. The molecule has 0 aliphatic rings. The zero-order chi connectivity index (χ0) is 10.9. The third kappa shape index (κ3) is 1.67. The standard InChI is InChI=1S/C8H6ClNO4/c1-4(11)7-6(12)3-2-5(8(7)9)10(13)14/h2-3,12H,1H3. The van der Waals surface area contributed by atoms with Crippen LogP contribution in [-0.2, 0) is 0 Å². The Morgan fingerprint density at radius 1 is 1.57 bits per heavy atom. The van der Waals surface area contributed by atoms with E-state index in [-0.39, 0.29) is 16.3 Å². The maximum atomic E-state index is 11.0. The fraction of sp³-hybridized carbons (Fsp3) is 0.125. The Bertz CT molecular complexity index is 416. The maximum absolute atomic E-state index is 11.0. The Morgan fingerprint density at radius 3 is 2.57 bits per heavy atom. The Morgan fingerprint density at radius 2 is 2.14 bits per heavy atom. The summed E-state index contributed by atoms with van der Waals surface area (Å²) < 4.78 is 0. The van der Waals surface area contributed by atoms with E-state index in [0.717, 1.165) is 12.1 Å². The molecule has 0 saturated carbocycles. The van der Waals surface area contributed by atoms with Gasteiger partial charge >= 0.3 is 0 Å². The van der Waals surface area contributed by atoms with Gasteiger partial charge in [0.05, 0.1) is 10.5 Å². The van der Waals surface area contributed by atoms with E-state index in [9.17, 15) is 20.0 Å². The molecule has 0 aliphatic carbocycles. The number of hydrogen-bond donors (Lipinski definition) is 1. The zero-order valence-corrected chi connectivity index (χ0v) is 7.91. The molecule has 5 nitrogen and oxygen atoms in total. The lowest BCUT2D eigenvalue weighted by molar-refractivity contribution is -0.384. The second-order valence-electron chi connectivity index (χ2n) is 2.61. The van der Waals surface area contributed by atoms with Crippen LogP contribution in [0, 0.1) is 10.1 Å². The van der Waals surface area contributed by atoms with Crippen molar-refractivity contribution in [1.82, 2.24) is 0 Å². The third-order valence-corrected chi connectivity index (χ3v) is 2.03. The van der Waals surface area contributed by atoms with Crippen LogP contribution in [0.25, 0.3) is 0 Å². The quantitative estimate of drug-likeness (QED) is 0.466. The van der Waals surface area contributed by atoms with Crippen LogP contribution < -0.4 is 0 Å². The molecule has 0 spiro atoms. The van der Waals surface area contributed by atoms with Crippen molar-refractivity contribution in [2.45, 2.75) is 6.92 Å². The van der Waals surface area contributed by atoms with Crippen LogP contribution in [0.3, 0.4) is 0 Å². The summed E-state index contributed by atoms with van der Waals surface area (Å²) in [7, 11) is 0. The molecule has 0 amide bonds. The van der Waals surface area contributed by atoms with Gasteiger partial charge in [-0.1, -0.05) is 11.6 Å². The highest BCUT2D eigenvalue weighted by Crippen LogP contribution is 2.33. The van der Waals surface area contributed by atoms with Crippen molar-refractivity contribution in [3.8, 4) is 5.75 Å². The number of Topliss-reactive ketones (excluding diaryl/α,β-unsaturated/α-hetero) is 1. The number of phenols is 1. The first-order valence-electron chi connectivity index (χ1n) is 3.62. The summed E-state index contributed by atoms with van der Waals surface area (Å²) in [5.41, 5.74) is -0.615. The fourth-order valence-electron chi connectivity index (χ4n) is 1.03. The largest absolute Gasteiger partial charge is 0.507 e. The predicted octanol–water partition coefficient (Wildman–Crippen LogP) is 2.16. The molecule has 0 heterocycles. The van der Waals surface area contributed by atoms with Crippen molar-refractivity contribution in [1.29, 1.82) is 0 Å². The van der Waals surface area contributed by atoms with Crippen LogP contribution in [0.2, 0.25) is 5.02 Å². The van der Waals surface area contributed by atoms with Gasteiger partial charge in [-0.2, -0.15) is 0 Å². The van der Waals surface area contributed by atoms with Gasteiger partial charge in [-0.3, -0.25) is 14.9 Å². The number of nitro benzene ring substituents is 1. The lowest BCUT2D eigenvalue weighted by atomic mass is 10.1. The average Bonchev–Trinajstić information content (AvgIpc) is 2.02. The summed E-state index contributed by atoms with van der Waals surface area (Å²) in [5.74, 6) is -0.871. The molecule has 14 heavy (non-hydrogen) atoms. The van der Waals surface area contributed by atoms with E-state index < -0.39 is 16.4 Å². The summed E-state index contributed by atoms with van der Waals surface area (Å²) in [6.07, 6.45) is 0. The van der Waals surface area contributed by atoms with Crippen LogP contribution in [0.4, 0.5) is 5.69 Å². The molecule has 1 N–H and O–H groups in total. The van der Waals surface area contributed by atoms with Crippen LogP contribution in [-0.4, -0.2) is 15.8 Å². The van der Waals surface area contributed by atoms with Crippen LogP contribution in [0.5, 0.6) is 5.75 Å². The minimum absolute atomic E-state index is 0.221. The first-order chi connectivity index (χ1) is 6.45. The lowest BCUT2D eigenvalue weighted by Crippen LogP contribution is -1.98. The summed E-state index contributed by atoms with van der Waals surface area (Å²) in [6, 6.07) is 2.12. The number of rotatable bonds is 2. The third-order valence-electron chi connectivity index (χ3n) is 1.65. The number of hydrogen-bond acceptors (Lipinski definition) is 4. The molecule has 74 valence electrons. The zero-order valence-electron chi connectivity index (χ0n) is 7.15. The van der Waals surface area contributed by atoms with Crippen LogP contribution in [0.15, 0.2) is 12.1 Å². The van der Waals surface area contributed by atoms with Crippen molar-refractivity contribution in [3.05, 3.63) is 32.8 Å². The molecule has 0 fully saturated rings. The molecular weight excluding hydrogens is 210 g/mol. The van der Waals surface area contributed by atoms with E-state index in [1.807, 2.05) is 0 Å². The van der Waals surface area contributed by atoms with Gasteiger partial charge in [0.25, 0.3) is 5.69 Å². The van der Waals surface area contributed by atoms with Crippen molar-refractivity contribution in [2.24, 2.45) is 0 Å². The van der Waals surface area contributed by atoms with E-state index in [1.165, 1.54) is 6.92 Å². The molecule has 0 atom stereocenters. The molecule has 1 aromatic carbocycles. The molecule has 0 aromatic heterocycles. The summed E-state index contributed by atoms with van der Waals surface area (Å²) >= 11 is 5.58. The van der Waals surface area contributed by atoms with E-state index in [2.05, 4.69) is 0 Å². The Kier molecular flexibility index (Phi) is 2.71. The maximum Gasteiger partial charge on any atom is 0.288 e. The van der Waals surface area contributed by atoms with Gasteiger partial charge in [0, 0.05) is 6.07 Å². The van der Waals surface area contributed by atoms with Gasteiger partial charge in [0.1, 0.15) is 10.8 Å². The summed E-state index contributed by atoms with van der Waals surface area (Å²) in [4.78, 5) is 20.7. The SMILES string of the molecule is CC(=O)c1c(O)ccc([N+](=O)[O-])c1Cl. The van der Waals surface area contributed by atoms with Crippen molar-refractivity contribution in [3.63, 3.8) is 0 Å². The highest BCUT2D eigenvalue weighted by atomic mass is 35.5. The normalized spacial score (nSPS) is 9.86. The number of carbonyl (C=O) groups is 1. The monoisotopic (exact) mass is 215 g/mol. The molecule has 0 unspecified atom stereocenters. The minimum Gasteiger partial charge on any atom is -0.507 e. The predicted molar refractivity (Wildman–Crippen MR) is 49.8 cm³/mol. The molecule has 0 saturated heterocycles. The van der Waals surface area contributed by atoms with E-state index in [4.69, 9.17) is 11.6 Å². The van der Waals surface area contributed by atoms with Crippen LogP contribution >= 0.6 is 11.6 Å². The van der Waals surface area contributed by atoms with Gasteiger partial charge in [-0.25, -0.2) is 0 Å². The smallest absolute Gasteiger partial charge is 0.288 e. The van der Waals surface area contributed by atoms with Crippen LogP contribution in [0.1, 0.15) is 17.3 Å². The molecule has 1 rings (SSSR count). The van der Waals surface area contributed by atoms with Gasteiger partial charge in [-0.05, 0) is 13.0 Å². The van der Waals surface area contributed by atoms with Crippen molar-refractivity contribution < 1.29 is 14.8 Å². The second-order valence-corrected chi connectivity index (χ2v) is 2.98. The molecule has 0 aliphatic heterocycles. The van der Waals surface area contributed by atoms with Crippen molar-refractivity contribution in [2.75, 3.05) is 0 Å². The van der Waals surface area contributed by atoms with Gasteiger partial charge in [0.15, 0.2) is 5.78 Å². The number of phenolic OH excluding ortho intramolecular Hbond substituents is 1. The fourth-order valence-corrected chi connectivity index (χ4v) is 1.39. The number of ketones is 1. The first-order valence-corrected chi connectivity index (χ1v) is 3.99. The molecule has 0 radical (unpaired) electrons. The summed E-state index contributed by atoms with van der Waals surface area (Å²) in [6.45, 7) is 1.17. The first kappa shape index (κ1) is 10.5. The molecular formula is C8H6ClNO4. The number of benzene rings is 1. The highest BCUT2D eigenvalue weighted by Gasteiger charge is 2.21. The molecule has 0 bridgehead atoms. The Labute approximate surface area is 84.1 Å².